The van der Waals surface area contributed by atoms with E-state index in [9.17, 15) is 32.5 Å². The highest BCUT2D eigenvalue weighted by molar-refractivity contribution is 7.89. The first-order chi connectivity index (χ1) is 16.6. The van der Waals surface area contributed by atoms with Gasteiger partial charge in [0.25, 0.3) is 11.6 Å². The number of ether oxygens (including phenoxy) is 1. The number of nitro benzene ring substituents is 1. The van der Waals surface area contributed by atoms with Gasteiger partial charge in [-0.2, -0.15) is 4.31 Å². The van der Waals surface area contributed by atoms with Crippen LogP contribution in [0.5, 0.6) is 0 Å². The van der Waals surface area contributed by atoms with Crippen LogP contribution in [0.1, 0.15) is 29.6 Å². The van der Waals surface area contributed by atoms with E-state index in [1.54, 1.807) is 0 Å². The van der Waals surface area contributed by atoms with Gasteiger partial charge < -0.3 is 4.74 Å². The minimum absolute atomic E-state index is 0.117. The lowest BCUT2D eigenvalue weighted by molar-refractivity contribution is -0.384. The van der Waals surface area contributed by atoms with Crippen molar-refractivity contribution in [1.29, 1.82) is 0 Å². The summed E-state index contributed by atoms with van der Waals surface area (Å²) in [5, 5.41) is 13.5. The molecule has 1 aromatic heterocycles. The van der Waals surface area contributed by atoms with Gasteiger partial charge in [0.15, 0.2) is 11.7 Å². The Morgan fingerprint density at radius 2 is 1.91 bits per heavy atom. The van der Waals surface area contributed by atoms with E-state index >= 15 is 0 Å². The molecule has 2 aromatic carbocycles. The van der Waals surface area contributed by atoms with E-state index in [4.69, 9.17) is 4.74 Å². The molecule has 0 bridgehead atoms. The van der Waals surface area contributed by atoms with Crippen molar-refractivity contribution in [2.24, 2.45) is 0 Å². The second-order valence-corrected chi connectivity index (χ2v) is 10.6. The number of anilines is 1. The van der Waals surface area contributed by atoms with Crippen LogP contribution in [0, 0.1) is 15.9 Å². The number of aromatic nitrogens is 1. The highest BCUT2D eigenvalue weighted by atomic mass is 32.2. The van der Waals surface area contributed by atoms with E-state index in [-0.39, 0.29) is 29.5 Å². The maximum Gasteiger partial charge on any atom is 0.338 e. The summed E-state index contributed by atoms with van der Waals surface area (Å²) in [5.41, 5.74) is 0.109. The van der Waals surface area contributed by atoms with Crippen LogP contribution < -0.4 is 5.32 Å². The number of piperidine rings is 1. The zero-order valence-electron chi connectivity index (χ0n) is 18.1. The molecular formula is C21H19FN4O7S2. The molecule has 0 unspecified atom stereocenters. The summed E-state index contributed by atoms with van der Waals surface area (Å²) < 4.78 is 46.6. The number of thiazole rings is 1. The van der Waals surface area contributed by atoms with Crippen molar-refractivity contribution in [2.75, 3.05) is 25.0 Å². The first-order valence-electron chi connectivity index (χ1n) is 10.5. The predicted octanol–water partition coefficient (Wildman–Crippen LogP) is 3.31. The van der Waals surface area contributed by atoms with Crippen molar-refractivity contribution >= 4 is 54.3 Å². The molecule has 1 saturated heterocycles. The van der Waals surface area contributed by atoms with Crippen LogP contribution in [0.3, 0.4) is 0 Å². The third-order valence-electron chi connectivity index (χ3n) is 5.26. The predicted molar refractivity (Wildman–Crippen MR) is 124 cm³/mol. The molecule has 1 N–H and O–H groups in total. The monoisotopic (exact) mass is 522 g/mol. The quantitative estimate of drug-likeness (QED) is 0.282. The number of amides is 1. The number of carbonyl (C=O) groups is 2. The van der Waals surface area contributed by atoms with Gasteiger partial charge in [0.2, 0.25) is 10.0 Å². The number of non-ortho nitro benzene ring substituents is 1. The molecule has 1 aliphatic heterocycles. The van der Waals surface area contributed by atoms with Crippen LogP contribution in [-0.4, -0.2) is 54.2 Å². The summed E-state index contributed by atoms with van der Waals surface area (Å²) in [6.45, 7) is -0.161. The largest absolute Gasteiger partial charge is 0.452 e. The Kier molecular flexibility index (Phi) is 7.05. The number of nitrogens with zero attached hydrogens (tertiary/aromatic N) is 3. The second-order valence-electron chi connectivity index (χ2n) is 7.66. The number of halogens is 1. The minimum atomic E-state index is -4.12. The molecule has 184 valence electrons. The Labute approximate surface area is 202 Å². The number of esters is 1. The molecule has 35 heavy (non-hydrogen) atoms. The van der Waals surface area contributed by atoms with Crippen LogP contribution in [-0.2, 0) is 19.6 Å². The fourth-order valence-electron chi connectivity index (χ4n) is 3.52. The maximum atomic E-state index is 14.3. The van der Waals surface area contributed by atoms with Crippen LogP contribution in [0.25, 0.3) is 10.2 Å². The normalized spacial score (nSPS) is 14.5. The van der Waals surface area contributed by atoms with E-state index in [1.807, 2.05) is 0 Å². The van der Waals surface area contributed by atoms with Gasteiger partial charge in [-0.1, -0.05) is 17.8 Å². The molecule has 11 nitrogen and oxygen atoms in total. The van der Waals surface area contributed by atoms with E-state index in [0.29, 0.717) is 23.1 Å². The fraction of sp³-hybridized carbons (Fsp3) is 0.286. The van der Waals surface area contributed by atoms with Crippen molar-refractivity contribution in [3.8, 4) is 0 Å². The molecular weight excluding hydrogens is 503 g/mol. The van der Waals surface area contributed by atoms with Crippen molar-refractivity contribution in [2.45, 2.75) is 24.2 Å². The topological polar surface area (TPSA) is 149 Å². The standard InChI is InChI=1S/C21H19FN4O7S2/c22-15-6-4-13(10-18(15)35(31,32)25-8-2-1-3-9-25)20(28)33-12-19(27)24-21-23-16-7-5-14(26(29)30)11-17(16)34-21/h4-7,10-11H,1-3,8-9,12H2,(H,23,24,27). The van der Waals surface area contributed by atoms with E-state index in [1.165, 1.54) is 22.5 Å². The average Bonchev–Trinajstić information content (AvgIpc) is 3.24. The molecule has 0 aliphatic carbocycles. The van der Waals surface area contributed by atoms with Gasteiger partial charge in [-0.3, -0.25) is 20.2 Å². The second kappa shape index (κ2) is 10.0. The Morgan fingerprint density at radius 1 is 1.17 bits per heavy atom. The van der Waals surface area contributed by atoms with Gasteiger partial charge in [-0.15, -0.1) is 0 Å². The molecule has 1 amide bonds. The summed E-state index contributed by atoms with van der Waals surface area (Å²) >= 11 is 1.01. The molecule has 2 heterocycles. The minimum Gasteiger partial charge on any atom is -0.452 e. The SMILES string of the molecule is O=C(COC(=O)c1ccc(F)c(S(=O)(=O)N2CCCCC2)c1)Nc1nc2ccc([N+](=O)[O-])cc2s1. The number of nitrogens with one attached hydrogen (secondary N) is 1. The summed E-state index contributed by atoms with van der Waals surface area (Å²) in [6.07, 6.45) is 2.23. The molecule has 4 rings (SSSR count). The van der Waals surface area contributed by atoms with Crippen molar-refractivity contribution in [3.63, 3.8) is 0 Å². The Bertz CT molecular complexity index is 1420. The number of rotatable bonds is 7. The lowest BCUT2D eigenvalue weighted by atomic mass is 10.2. The zero-order chi connectivity index (χ0) is 25.2. The fourth-order valence-corrected chi connectivity index (χ4v) is 6.05. The zero-order valence-corrected chi connectivity index (χ0v) is 19.7. The third kappa shape index (κ3) is 5.44. The Hall–Kier alpha value is -3.49. The van der Waals surface area contributed by atoms with Gasteiger partial charge >= 0.3 is 5.97 Å². The first-order valence-corrected chi connectivity index (χ1v) is 12.7. The Morgan fingerprint density at radius 3 is 2.63 bits per heavy atom. The number of hydrogen-bond donors (Lipinski definition) is 1. The van der Waals surface area contributed by atoms with Crippen LogP contribution in [0.15, 0.2) is 41.3 Å². The first kappa shape index (κ1) is 24.6. The van der Waals surface area contributed by atoms with Crippen LogP contribution in [0.4, 0.5) is 15.2 Å². The smallest absolute Gasteiger partial charge is 0.338 e. The lowest BCUT2D eigenvalue weighted by Crippen LogP contribution is -2.36. The number of hydrogen-bond acceptors (Lipinski definition) is 9. The molecule has 0 spiro atoms. The molecule has 0 radical (unpaired) electrons. The van der Waals surface area contributed by atoms with Crippen molar-refractivity contribution in [3.05, 3.63) is 57.9 Å². The van der Waals surface area contributed by atoms with E-state index in [0.717, 1.165) is 36.0 Å². The molecule has 3 aromatic rings. The highest BCUT2D eigenvalue weighted by Crippen LogP contribution is 2.29. The van der Waals surface area contributed by atoms with Gasteiger partial charge in [0.05, 0.1) is 20.7 Å². The van der Waals surface area contributed by atoms with Gasteiger partial charge in [-0.25, -0.2) is 22.6 Å². The number of sulfonamides is 1. The van der Waals surface area contributed by atoms with E-state index < -0.39 is 44.1 Å². The van der Waals surface area contributed by atoms with E-state index in [2.05, 4.69) is 10.3 Å². The molecule has 0 atom stereocenters. The van der Waals surface area contributed by atoms with Crippen molar-refractivity contribution in [1.82, 2.24) is 9.29 Å². The summed E-state index contributed by atoms with van der Waals surface area (Å²) in [7, 11) is -4.12. The average molecular weight is 523 g/mol. The summed E-state index contributed by atoms with van der Waals surface area (Å²) in [5.74, 6) is -2.72. The maximum absolute atomic E-state index is 14.3. The number of carbonyl (C=O) groups excluding carboxylic acids is 2. The highest BCUT2D eigenvalue weighted by Gasteiger charge is 2.29. The number of benzene rings is 2. The number of nitro groups is 1. The molecule has 0 saturated carbocycles. The van der Waals surface area contributed by atoms with Crippen LogP contribution in [0.2, 0.25) is 0 Å². The van der Waals surface area contributed by atoms with Gasteiger partial charge in [0, 0.05) is 25.2 Å². The lowest BCUT2D eigenvalue weighted by Gasteiger charge is -2.26. The molecule has 14 heteroatoms. The molecule has 1 aliphatic rings. The van der Waals surface area contributed by atoms with Gasteiger partial charge in [-0.05, 0) is 37.1 Å². The summed E-state index contributed by atoms with van der Waals surface area (Å²) in [4.78, 5) is 38.5. The van der Waals surface area contributed by atoms with Gasteiger partial charge in [0.1, 0.15) is 10.7 Å². The van der Waals surface area contributed by atoms with Crippen molar-refractivity contribution < 1.29 is 32.1 Å². The third-order valence-corrected chi connectivity index (χ3v) is 8.11. The summed E-state index contributed by atoms with van der Waals surface area (Å²) in [6, 6.07) is 6.91. The number of fused-ring (bicyclic) bond motifs is 1. The molecule has 1 fully saturated rings. The van der Waals surface area contributed by atoms with Crippen LogP contribution >= 0.6 is 11.3 Å². The Balaban J connectivity index is 1.41.